The lowest BCUT2D eigenvalue weighted by Gasteiger charge is -2.35. The Morgan fingerprint density at radius 3 is 2.95 bits per heavy atom. The van der Waals surface area contributed by atoms with Gasteiger partial charge in [-0.3, -0.25) is 0 Å². The minimum atomic E-state index is 0.000188. The molecule has 0 saturated carbocycles. The first-order chi connectivity index (χ1) is 10.2. The summed E-state index contributed by atoms with van der Waals surface area (Å²) in [6.07, 6.45) is 4.69. The topological polar surface area (TPSA) is 52.6 Å². The molecule has 4 nitrogen and oxygen atoms in total. The second-order valence-electron chi connectivity index (χ2n) is 5.43. The predicted molar refractivity (Wildman–Crippen MR) is 87.3 cm³/mol. The van der Waals surface area contributed by atoms with Crippen molar-refractivity contribution in [2.75, 3.05) is 19.7 Å². The average Bonchev–Trinajstić information content (AvgIpc) is 2.50. The predicted octanol–water partition coefficient (Wildman–Crippen LogP) is 2.94. The monoisotopic (exact) mass is 354 g/mol. The van der Waals surface area contributed by atoms with Crippen molar-refractivity contribution < 1.29 is 9.90 Å². The first-order valence-corrected chi connectivity index (χ1v) is 8.40. The number of urea groups is 1. The molecule has 1 aliphatic rings. The van der Waals surface area contributed by atoms with Crippen LogP contribution in [-0.2, 0) is 6.42 Å². The number of rotatable bonds is 5. The number of halogens is 1. The molecule has 2 rings (SSSR count). The van der Waals surface area contributed by atoms with Crippen LogP contribution in [0.2, 0.25) is 0 Å². The summed E-state index contributed by atoms with van der Waals surface area (Å²) in [4.78, 5) is 14.2. The Labute approximate surface area is 134 Å². The Balaban J connectivity index is 1.82. The van der Waals surface area contributed by atoms with Gasteiger partial charge in [0.1, 0.15) is 0 Å². The van der Waals surface area contributed by atoms with Crippen LogP contribution in [0.25, 0.3) is 0 Å². The molecular weight excluding hydrogens is 332 g/mol. The average molecular weight is 355 g/mol. The molecule has 0 aromatic heterocycles. The summed E-state index contributed by atoms with van der Waals surface area (Å²) < 4.78 is 1.08. The fourth-order valence-electron chi connectivity index (χ4n) is 2.82. The highest BCUT2D eigenvalue weighted by Crippen LogP contribution is 2.19. The number of nitrogens with one attached hydrogen (secondary N) is 1. The van der Waals surface area contributed by atoms with Gasteiger partial charge >= 0.3 is 6.03 Å². The molecule has 0 aliphatic carbocycles. The van der Waals surface area contributed by atoms with Crippen LogP contribution in [0.3, 0.4) is 0 Å². The molecule has 0 spiro atoms. The van der Waals surface area contributed by atoms with Crippen LogP contribution in [0.5, 0.6) is 0 Å². The smallest absolute Gasteiger partial charge is 0.317 e. The molecule has 1 atom stereocenters. The maximum atomic E-state index is 12.3. The van der Waals surface area contributed by atoms with Crippen molar-refractivity contribution in [3.63, 3.8) is 0 Å². The lowest BCUT2D eigenvalue weighted by atomic mass is 10.0. The van der Waals surface area contributed by atoms with Crippen molar-refractivity contribution in [1.29, 1.82) is 0 Å². The highest BCUT2D eigenvalue weighted by molar-refractivity contribution is 9.10. The van der Waals surface area contributed by atoms with Crippen molar-refractivity contribution in [2.45, 2.75) is 38.1 Å². The standard InChI is InChI=1S/C16H23BrN2O2/c17-15-7-2-1-5-13(15)8-10-18-16(21)19-11-4-3-6-14(19)9-12-20/h1-2,5,7,14,20H,3-4,6,8-12H2,(H,18,21). The Morgan fingerprint density at radius 1 is 1.38 bits per heavy atom. The van der Waals surface area contributed by atoms with Crippen LogP contribution >= 0.6 is 15.9 Å². The van der Waals surface area contributed by atoms with E-state index in [0.29, 0.717) is 13.0 Å². The fraction of sp³-hybridized carbons (Fsp3) is 0.562. The molecule has 1 aromatic carbocycles. The van der Waals surface area contributed by atoms with Crippen molar-refractivity contribution >= 4 is 22.0 Å². The van der Waals surface area contributed by atoms with E-state index in [9.17, 15) is 4.79 Å². The van der Waals surface area contributed by atoms with Gasteiger partial charge in [0.15, 0.2) is 0 Å². The van der Waals surface area contributed by atoms with E-state index < -0.39 is 0 Å². The van der Waals surface area contributed by atoms with Gasteiger partial charge in [-0.1, -0.05) is 34.1 Å². The number of carbonyl (C=O) groups excluding carboxylic acids is 1. The minimum absolute atomic E-state index is 0.000188. The largest absolute Gasteiger partial charge is 0.396 e. The van der Waals surface area contributed by atoms with Crippen LogP contribution in [0.4, 0.5) is 4.79 Å². The summed E-state index contributed by atoms with van der Waals surface area (Å²) in [6.45, 7) is 1.57. The number of benzene rings is 1. The normalized spacial score (nSPS) is 18.6. The Kier molecular flexibility index (Phi) is 6.51. The third kappa shape index (κ3) is 4.71. The summed E-state index contributed by atoms with van der Waals surface area (Å²) in [6, 6.07) is 8.25. The second-order valence-corrected chi connectivity index (χ2v) is 6.28. The molecule has 1 heterocycles. The number of piperidine rings is 1. The van der Waals surface area contributed by atoms with Crippen molar-refractivity contribution in [3.8, 4) is 0 Å². The quantitative estimate of drug-likeness (QED) is 0.853. The van der Waals surface area contributed by atoms with Crippen LogP contribution < -0.4 is 5.32 Å². The lowest BCUT2D eigenvalue weighted by Crippen LogP contribution is -2.49. The van der Waals surface area contributed by atoms with Crippen LogP contribution in [0.15, 0.2) is 28.7 Å². The van der Waals surface area contributed by atoms with Gasteiger partial charge in [-0.25, -0.2) is 4.79 Å². The Morgan fingerprint density at radius 2 is 2.19 bits per heavy atom. The van der Waals surface area contributed by atoms with E-state index >= 15 is 0 Å². The Bertz CT molecular complexity index is 465. The number of aliphatic hydroxyl groups is 1. The number of likely N-dealkylation sites (tertiary alicyclic amines) is 1. The number of hydrogen-bond donors (Lipinski definition) is 2. The maximum Gasteiger partial charge on any atom is 0.317 e. The fourth-order valence-corrected chi connectivity index (χ4v) is 3.31. The van der Waals surface area contributed by atoms with Gasteiger partial charge in [-0.15, -0.1) is 0 Å². The molecule has 1 saturated heterocycles. The molecule has 0 bridgehead atoms. The molecule has 1 fully saturated rings. The van der Waals surface area contributed by atoms with Crippen molar-refractivity contribution in [1.82, 2.24) is 10.2 Å². The van der Waals surface area contributed by atoms with E-state index in [1.54, 1.807) is 0 Å². The van der Waals surface area contributed by atoms with Gasteiger partial charge in [0, 0.05) is 30.2 Å². The molecule has 0 radical (unpaired) electrons. The van der Waals surface area contributed by atoms with Crippen molar-refractivity contribution in [2.24, 2.45) is 0 Å². The summed E-state index contributed by atoms with van der Waals surface area (Å²) in [7, 11) is 0. The van der Waals surface area contributed by atoms with E-state index in [1.807, 2.05) is 23.1 Å². The number of nitrogens with zero attached hydrogens (tertiary/aromatic N) is 1. The highest BCUT2D eigenvalue weighted by atomic mass is 79.9. The summed E-state index contributed by atoms with van der Waals surface area (Å²) in [5.74, 6) is 0. The highest BCUT2D eigenvalue weighted by Gasteiger charge is 2.25. The summed E-state index contributed by atoms with van der Waals surface area (Å²) >= 11 is 3.52. The van der Waals surface area contributed by atoms with E-state index in [2.05, 4.69) is 27.3 Å². The molecule has 1 unspecified atom stereocenters. The van der Waals surface area contributed by atoms with E-state index in [0.717, 1.165) is 36.7 Å². The van der Waals surface area contributed by atoms with Gasteiger partial charge in [0.2, 0.25) is 0 Å². The van der Waals surface area contributed by atoms with Crippen LogP contribution in [0.1, 0.15) is 31.2 Å². The minimum Gasteiger partial charge on any atom is -0.396 e. The molecule has 116 valence electrons. The number of amides is 2. The number of hydrogen-bond acceptors (Lipinski definition) is 2. The molecule has 1 aromatic rings. The van der Waals surface area contributed by atoms with Gasteiger partial charge < -0.3 is 15.3 Å². The second kappa shape index (κ2) is 8.39. The van der Waals surface area contributed by atoms with E-state index in [4.69, 9.17) is 5.11 Å². The Hall–Kier alpha value is -1.07. The van der Waals surface area contributed by atoms with E-state index in [1.165, 1.54) is 5.56 Å². The molecule has 2 N–H and O–H groups in total. The molecule has 21 heavy (non-hydrogen) atoms. The van der Waals surface area contributed by atoms with E-state index in [-0.39, 0.29) is 18.7 Å². The van der Waals surface area contributed by atoms with Gasteiger partial charge in [0.05, 0.1) is 0 Å². The van der Waals surface area contributed by atoms with Gasteiger partial charge in [0.25, 0.3) is 0 Å². The molecule has 2 amide bonds. The zero-order valence-corrected chi connectivity index (χ0v) is 13.8. The third-order valence-corrected chi connectivity index (χ3v) is 4.75. The van der Waals surface area contributed by atoms with Gasteiger partial charge in [-0.2, -0.15) is 0 Å². The lowest BCUT2D eigenvalue weighted by molar-refractivity contribution is 0.132. The maximum absolute atomic E-state index is 12.3. The SMILES string of the molecule is O=C(NCCc1ccccc1Br)N1CCCCC1CCO. The van der Waals surface area contributed by atoms with Crippen molar-refractivity contribution in [3.05, 3.63) is 34.3 Å². The zero-order chi connectivity index (χ0) is 15.1. The van der Waals surface area contributed by atoms with Gasteiger partial charge in [-0.05, 0) is 43.7 Å². The first-order valence-electron chi connectivity index (χ1n) is 7.61. The third-order valence-electron chi connectivity index (χ3n) is 3.98. The zero-order valence-electron chi connectivity index (χ0n) is 12.2. The van der Waals surface area contributed by atoms with Crippen LogP contribution in [-0.4, -0.2) is 41.8 Å². The summed E-state index contributed by atoms with van der Waals surface area (Å²) in [5.41, 5.74) is 1.20. The first kappa shape index (κ1) is 16.3. The molecular formula is C16H23BrN2O2. The molecule has 1 aliphatic heterocycles. The number of carbonyl (C=O) groups is 1. The molecule has 5 heteroatoms. The number of aliphatic hydroxyl groups excluding tert-OH is 1. The summed E-state index contributed by atoms with van der Waals surface area (Å²) in [5, 5.41) is 12.1. The van der Waals surface area contributed by atoms with Crippen LogP contribution in [0, 0.1) is 0 Å².